The van der Waals surface area contributed by atoms with E-state index in [1.807, 2.05) is 20.8 Å². The van der Waals surface area contributed by atoms with Gasteiger partial charge in [0.15, 0.2) is 5.96 Å². The first kappa shape index (κ1) is 23.4. The fraction of sp³-hybridized carbons (Fsp3) is 0.600. The number of hydrogen-bond donors (Lipinski definition) is 4. The summed E-state index contributed by atoms with van der Waals surface area (Å²) in [6.45, 7) is 6.96. The average molecular weight is 489 g/mol. The van der Waals surface area contributed by atoms with Crippen molar-refractivity contribution >= 4 is 58.8 Å². The molecule has 1 atom stereocenters. The molecule has 1 heterocycles. The molecule has 1 aromatic heterocycles. The van der Waals surface area contributed by atoms with E-state index < -0.39 is 11.5 Å². The molecule has 6 nitrogen and oxygen atoms in total. The third-order valence-electron chi connectivity index (χ3n) is 3.20. The number of aliphatic imine (C=N–C) groups is 1. The van der Waals surface area contributed by atoms with Crippen molar-refractivity contribution in [3.8, 4) is 0 Å². The summed E-state index contributed by atoms with van der Waals surface area (Å²) >= 11 is 7.22. The molecule has 4 N–H and O–H groups in total. The summed E-state index contributed by atoms with van der Waals surface area (Å²) in [4.78, 5) is 17.0. The number of guanidine groups is 1. The third kappa shape index (κ3) is 7.54. The van der Waals surface area contributed by atoms with Crippen molar-refractivity contribution in [2.75, 3.05) is 26.7 Å². The van der Waals surface area contributed by atoms with Gasteiger partial charge in [-0.1, -0.05) is 11.6 Å². The second-order valence-corrected chi connectivity index (χ2v) is 7.44. The summed E-state index contributed by atoms with van der Waals surface area (Å²) in [5, 5.41) is 19.0. The van der Waals surface area contributed by atoms with Gasteiger partial charge in [-0.3, -0.25) is 9.79 Å². The lowest BCUT2D eigenvalue weighted by Crippen LogP contribution is -2.42. The molecule has 0 radical (unpaired) electrons. The number of hydrogen-bond acceptors (Lipinski definition) is 4. The Balaban J connectivity index is 0.00000529. The minimum Gasteiger partial charge on any atom is -0.386 e. The minimum absolute atomic E-state index is 0. The van der Waals surface area contributed by atoms with Crippen LogP contribution in [-0.2, 0) is 4.79 Å². The zero-order chi connectivity index (χ0) is 17.5. The minimum atomic E-state index is -0.664. The van der Waals surface area contributed by atoms with Crippen molar-refractivity contribution in [2.45, 2.75) is 26.9 Å². The van der Waals surface area contributed by atoms with E-state index in [9.17, 15) is 9.90 Å². The summed E-state index contributed by atoms with van der Waals surface area (Å²) in [7, 11) is 1.61. The van der Waals surface area contributed by atoms with Crippen LogP contribution in [0.1, 0.15) is 31.8 Å². The van der Waals surface area contributed by atoms with Crippen LogP contribution in [0, 0.1) is 5.41 Å². The molecule has 138 valence electrons. The molecule has 1 amide bonds. The van der Waals surface area contributed by atoms with Crippen LogP contribution in [-0.4, -0.2) is 43.7 Å². The molecule has 0 aliphatic rings. The molecule has 24 heavy (non-hydrogen) atoms. The summed E-state index contributed by atoms with van der Waals surface area (Å²) in [5.41, 5.74) is -0.600. The van der Waals surface area contributed by atoms with Crippen LogP contribution in [0.4, 0.5) is 0 Å². The van der Waals surface area contributed by atoms with Crippen molar-refractivity contribution in [3.05, 3.63) is 21.3 Å². The zero-order valence-electron chi connectivity index (χ0n) is 14.4. The monoisotopic (exact) mass is 488 g/mol. The first-order valence-electron chi connectivity index (χ1n) is 7.47. The SMILES string of the molecule is CCNC(=NCC(C)(C)C(=O)NC)NCC(O)c1ccc(Cl)s1.I. The number of halogens is 2. The standard InChI is InChI=1S/C15H25ClN4O2S.HI/c1-5-18-14(20-9-15(2,3)13(22)17-4)19-8-10(21)11-6-7-12(16)23-11;/h6-7,10,21H,5,8-9H2,1-4H3,(H,17,22)(H2,18,19,20);1H. The predicted octanol–water partition coefficient (Wildman–Crippen LogP) is 2.38. The lowest BCUT2D eigenvalue weighted by molar-refractivity contribution is -0.128. The Kier molecular flexibility index (Phi) is 10.8. The Morgan fingerprint density at radius 3 is 2.58 bits per heavy atom. The molecule has 9 heteroatoms. The van der Waals surface area contributed by atoms with Gasteiger partial charge in [0.1, 0.15) is 6.10 Å². The highest BCUT2D eigenvalue weighted by Crippen LogP contribution is 2.26. The Bertz CT molecular complexity index is 551. The van der Waals surface area contributed by atoms with Crippen LogP contribution in [0.3, 0.4) is 0 Å². The molecule has 0 aliphatic carbocycles. The largest absolute Gasteiger partial charge is 0.386 e. The third-order valence-corrected chi connectivity index (χ3v) is 4.54. The van der Waals surface area contributed by atoms with Gasteiger partial charge in [0.25, 0.3) is 0 Å². The average Bonchev–Trinajstić information content (AvgIpc) is 2.95. The molecular weight excluding hydrogens is 463 g/mol. The van der Waals surface area contributed by atoms with Gasteiger partial charge in [-0.05, 0) is 32.9 Å². The van der Waals surface area contributed by atoms with Gasteiger partial charge in [0.05, 0.1) is 16.3 Å². The van der Waals surface area contributed by atoms with Gasteiger partial charge < -0.3 is 21.1 Å². The first-order valence-corrected chi connectivity index (χ1v) is 8.67. The topological polar surface area (TPSA) is 85.8 Å². The van der Waals surface area contributed by atoms with E-state index in [0.717, 1.165) is 4.88 Å². The lowest BCUT2D eigenvalue weighted by Gasteiger charge is -2.21. The van der Waals surface area contributed by atoms with Crippen LogP contribution >= 0.6 is 46.9 Å². The molecule has 0 fully saturated rings. The van der Waals surface area contributed by atoms with E-state index in [1.54, 1.807) is 19.2 Å². The summed E-state index contributed by atoms with van der Waals surface area (Å²) in [6.07, 6.45) is -0.664. The zero-order valence-corrected chi connectivity index (χ0v) is 18.3. The molecule has 1 unspecified atom stereocenters. The number of thiophene rings is 1. The fourth-order valence-corrected chi connectivity index (χ4v) is 2.88. The van der Waals surface area contributed by atoms with Crippen molar-refractivity contribution < 1.29 is 9.90 Å². The number of rotatable bonds is 7. The maximum atomic E-state index is 11.8. The number of aliphatic hydroxyl groups excluding tert-OH is 1. The quantitative estimate of drug-likeness (QED) is 0.270. The molecule has 1 aromatic rings. The number of carbonyl (C=O) groups excluding carboxylic acids is 1. The Hall–Kier alpha value is -0.580. The van der Waals surface area contributed by atoms with Gasteiger partial charge in [-0.25, -0.2) is 0 Å². The van der Waals surface area contributed by atoms with Crippen LogP contribution in [0.15, 0.2) is 17.1 Å². The highest BCUT2D eigenvalue weighted by atomic mass is 127. The predicted molar refractivity (Wildman–Crippen MR) is 112 cm³/mol. The van der Waals surface area contributed by atoms with Crippen LogP contribution in [0.25, 0.3) is 0 Å². The van der Waals surface area contributed by atoms with Gasteiger partial charge in [-0.2, -0.15) is 0 Å². The molecule has 0 bridgehead atoms. The highest BCUT2D eigenvalue weighted by Gasteiger charge is 2.26. The van der Waals surface area contributed by atoms with E-state index in [4.69, 9.17) is 11.6 Å². The van der Waals surface area contributed by atoms with Gasteiger partial charge in [0.2, 0.25) is 5.91 Å². The number of nitrogens with zero attached hydrogens (tertiary/aromatic N) is 1. The Morgan fingerprint density at radius 2 is 2.08 bits per heavy atom. The number of amides is 1. The van der Waals surface area contributed by atoms with Crippen LogP contribution in [0.2, 0.25) is 4.34 Å². The van der Waals surface area contributed by atoms with Gasteiger partial charge >= 0.3 is 0 Å². The first-order chi connectivity index (χ1) is 10.8. The van der Waals surface area contributed by atoms with E-state index in [0.29, 0.717) is 29.9 Å². The second-order valence-electron chi connectivity index (χ2n) is 5.70. The summed E-state index contributed by atoms with van der Waals surface area (Å²) in [5.74, 6) is 0.497. The molecule has 0 saturated carbocycles. The molecule has 1 rings (SSSR count). The Labute approximate surface area is 169 Å². The second kappa shape index (κ2) is 11.1. The van der Waals surface area contributed by atoms with Gasteiger partial charge in [0, 0.05) is 25.0 Å². The molecule has 0 aromatic carbocycles. The Morgan fingerprint density at radius 1 is 1.42 bits per heavy atom. The highest BCUT2D eigenvalue weighted by molar-refractivity contribution is 14.0. The van der Waals surface area contributed by atoms with E-state index in [-0.39, 0.29) is 29.9 Å². The van der Waals surface area contributed by atoms with Gasteiger partial charge in [-0.15, -0.1) is 35.3 Å². The molecule has 0 aliphatic heterocycles. The van der Waals surface area contributed by atoms with Crippen molar-refractivity contribution in [1.29, 1.82) is 0 Å². The van der Waals surface area contributed by atoms with E-state index in [1.165, 1.54) is 11.3 Å². The fourth-order valence-electron chi connectivity index (χ4n) is 1.83. The number of carbonyl (C=O) groups is 1. The summed E-state index contributed by atoms with van der Waals surface area (Å²) < 4.78 is 0.645. The lowest BCUT2D eigenvalue weighted by atomic mass is 9.93. The van der Waals surface area contributed by atoms with Crippen LogP contribution in [0.5, 0.6) is 0 Å². The number of aliphatic hydroxyl groups is 1. The van der Waals surface area contributed by atoms with Crippen molar-refractivity contribution in [1.82, 2.24) is 16.0 Å². The number of nitrogens with one attached hydrogen (secondary N) is 3. The van der Waals surface area contributed by atoms with Crippen molar-refractivity contribution in [3.63, 3.8) is 0 Å². The van der Waals surface area contributed by atoms with E-state index >= 15 is 0 Å². The molecule has 0 saturated heterocycles. The van der Waals surface area contributed by atoms with Crippen molar-refractivity contribution in [2.24, 2.45) is 10.4 Å². The van der Waals surface area contributed by atoms with Crippen LogP contribution < -0.4 is 16.0 Å². The normalized spacial score (nSPS) is 13.0. The summed E-state index contributed by atoms with van der Waals surface area (Å²) in [6, 6.07) is 3.56. The van der Waals surface area contributed by atoms with E-state index in [2.05, 4.69) is 20.9 Å². The maximum Gasteiger partial charge on any atom is 0.227 e. The molecule has 0 spiro atoms. The molecular formula is C15H26ClIN4O2S. The smallest absolute Gasteiger partial charge is 0.227 e. The maximum absolute atomic E-state index is 11.8.